The Labute approximate surface area is 381 Å². The Morgan fingerprint density at radius 1 is 0.701 bits per heavy atom. The molecule has 9 aromatic rings. The molecule has 67 heavy (non-hydrogen) atoms. The molecule has 338 valence electrons. The van der Waals surface area contributed by atoms with Gasteiger partial charge in [0.25, 0.3) is 11.8 Å². The number of fused-ring (bicyclic) bond motifs is 2. The van der Waals surface area contributed by atoms with Gasteiger partial charge in [0.1, 0.15) is 17.1 Å². The average molecular weight is 901 g/mol. The zero-order valence-electron chi connectivity index (χ0n) is 36.7. The van der Waals surface area contributed by atoms with Gasteiger partial charge in [0.15, 0.2) is 34.7 Å². The Kier molecular flexibility index (Phi) is 12.1. The number of nitrogens with one attached hydrogen (secondary N) is 1. The Morgan fingerprint density at radius 2 is 1.22 bits per heavy atom. The smallest absolute Gasteiger partial charge is 0.328 e. The summed E-state index contributed by atoms with van der Waals surface area (Å²) in [6.07, 6.45) is 8.30. The van der Waals surface area contributed by atoms with E-state index in [2.05, 4.69) is 45.9 Å². The van der Waals surface area contributed by atoms with Gasteiger partial charge in [-0.05, 0) is 88.3 Å². The number of nitrogens with two attached hydrogens (primary N) is 2. The van der Waals surface area contributed by atoms with Crippen LogP contribution in [0.25, 0.3) is 67.4 Å². The Balaban J connectivity index is 0.000000168. The van der Waals surface area contributed by atoms with Crippen molar-refractivity contribution in [3.8, 4) is 45.3 Å². The molecule has 0 unspecified atom stereocenters. The molecule has 20 heteroatoms. The molecule has 0 bridgehead atoms. The van der Waals surface area contributed by atoms with E-state index in [1.807, 2.05) is 89.7 Å². The van der Waals surface area contributed by atoms with Gasteiger partial charge in [0.05, 0.1) is 30.5 Å². The van der Waals surface area contributed by atoms with Gasteiger partial charge in [-0.1, -0.05) is 54.6 Å². The summed E-state index contributed by atoms with van der Waals surface area (Å²) in [7, 11) is 1.34. The molecule has 1 aliphatic rings. The highest BCUT2D eigenvalue weighted by Crippen LogP contribution is 2.35. The number of benzene rings is 3. The zero-order chi connectivity index (χ0) is 46.6. The minimum Gasteiger partial charge on any atom is -0.467 e. The van der Waals surface area contributed by atoms with Crippen LogP contribution in [0.5, 0.6) is 0 Å². The maximum absolute atomic E-state index is 13.1. The molecule has 5 N–H and O–H groups in total. The fraction of sp³-hybridized carbons (Fsp3) is 0.213. The Bertz CT molecular complexity index is 3230. The molecule has 20 nitrogen and oxygen atoms in total. The molecule has 0 saturated carbocycles. The molecule has 0 aliphatic carbocycles. The second-order valence-corrected chi connectivity index (χ2v) is 15.5. The second-order valence-electron chi connectivity index (χ2n) is 15.5. The number of methoxy groups -OCH3 is 1. The van der Waals surface area contributed by atoms with E-state index >= 15 is 0 Å². The summed E-state index contributed by atoms with van der Waals surface area (Å²) in [4.78, 5) is 57.3. The number of likely N-dealkylation sites (tertiary alicyclic amines) is 1. The molecule has 3 aromatic carbocycles. The van der Waals surface area contributed by atoms with Crippen LogP contribution in [0.4, 0.5) is 11.6 Å². The minimum atomic E-state index is -0.536. The first kappa shape index (κ1) is 43.4. The number of carbonyl (C=O) groups is 3. The van der Waals surface area contributed by atoms with Crippen molar-refractivity contribution >= 4 is 51.5 Å². The van der Waals surface area contributed by atoms with Crippen LogP contribution in [0.2, 0.25) is 0 Å². The molecule has 1 fully saturated rings. The second kappa shape index (κ2) is 18.7. The number of imidazole rings is 2. The number of anilines is 2. The lowest BCUT2D eigenvalue weighted by atomic mass is 10.0. The van der Waals surface area contributed by atoms with E-state index in [1.165, 1.54) is 7.11 Å². The largest absolute Gasteiger partial charge is 0.467 e. The van der Waals surface area contributed by atoms with Crippen molar-refractivity contribution in [2.24, 2.45) is 0 Å². The molecule has 0 spiro atoms. The van der Waals surface area contributed by atoms with Crippen molar-refractivity contribution in [1.82, 2.24) is 59.9 Å². The van der Waals surface area contributed by atoms with Crippen molar-refractivity contribution < 1.29 is 28.4 Å². The summed E-state index contributed by atoms with van der Waals surface area (Å²) in [5.74, 6) is 0.752. The maximum atomic E-state index is 13.1. The zero-order valence-corrected chi connectivity index (χ0v) is 36.7. The van der Waals surface area contributed by atoms with Gasteiger partial charge in [-0.2, -0.15) is 0 Å². The van der Waals surface area contributed by atoms with E-state index in [9.17, 15) is 14.4 Å². The van der Waals surface area contributed by atoms with E-state index in [-0.39, 0.29) is 29.4 Å². The minimum absolute atomic E-state index is 0.128. The van der Waals surface area contributed by atoms with Crippen LogP contribution in [0.15, 0.2) is 113 Å². The number of nitrogens with zero attached hydrogens (tertiary/aromatic N) is 11. The lowest BCUT2D eigenvalue weighted by molar-refractivity contribution is -0.145. The number of carbonyl (C=O) groups excluding carboxylic acids is 3. The maximum Gasteiger partial charge on any atom is 0.328 e. The van der Waals surface area contributed by atoms with Crippen LogP contribution < -0.4 is 16.8 Å². The lowest BCUT2D eigenvalue weighted by Gasteiger charge is -2.22. The number of aryl methyl sites for hydroxylation is 2. The monoisotopic (exact) mass is 900 g/mol. The summed E-state index contributed by atoms with van der Waals surface area (Å²) in [5, 5.41) is 18.1. The summed E-state index contributed by atoms with van der Waals surface area (Å²) in [6, 6.07) is 24.0. The van der Waals surface area contributed by atoms with Gasteiger partial charge in [-0.25, -0.2) is 24.0 Å². The van der Waals surface area contributed by atoms with E-state index < -0.39 is 6.04 Å². The van der Waals surface area contributed by atoms with Gasteiger partial charge in [0.2, 0.25) is 0 Å². The molecular weight excluding hydrogens is 857 g/mol. The standard InChI is InChI=1S/C24H21N7O2.C23H23N7O4/c1-2-31-21-18(13-26-14-19(21)28-23(31)20-22(25)30-33-29-20)16-8-10-17(11-9-16)24(32)27-12-15-6-4-3-5-7-15;1-3-29-19-15(11-25-12-16(19)26-21(29)18-20(24)28-34-27-18)13-6-8-14(9-7-13)22(31)30-10-4-5-17(30)23(32)33-2/h3-11,13-14H,2,12H2,1H3,(H2,25,30)(H,27,32);6-9,11-12,17H,3-5,10H2,1-2H3,(H2,24,28)/t;17-/m.0/s1. The summed E-state index contributed by atoms with van der Waals surface area (Å²) in [5.41, 5.74) is 21.4. The molecule has 0 radical (unpaired) electrons. The predicted molar refractivity (Wildman–Crippen MR) is 246 cm³/mol. The van der Waals surface area contributed by atoms with Crippen LogP contribution >= 0.6 is 0 Å². The first-order valence-electron chi connectivity index (χ1n) is 21.5. The summed E-state index contributed by atoms with van der Waals surface area (Å²) < 4.78 is 18.4. The number of ether oxygens (including phenoxy) is 1. The number of nitrogen functional groups attached to an aromatic ring is 2. The highest BCUT2D eigenvalue weighted by atomic mass is 16.6. The third kappa shape index (κ3) is 8.38. The lowest BCUT2D eigenvalue weighted by Crippen LogP contribution is -2.41. The SMILES string of the molecule is CCn1c(-c2nonc2N)nc2cncc(-c3ccc(C(=O)N4CCC[C@H]4C(=O)OC)cc3)c21.CCn1c(-c2nonc2N)nc2cncc(-c3ccc(C(=O)NCc4ccccc4)cc3)c21. The van der Waals surface area contributed by atoms with Gasteiger partial charge in [-0.15, -0.1) is 0 Å². The topological polar surface area (TPSA) is 267 Å². The molecule has 10 rings (SSSR count). The molecule has 2 amide bonds. The van der Waals surface area contributed by atoms with Gasteiger partial charge in [-0.3, -0.25) is 19.6 Å². The fourth-order valence-electron chi connectivity index (χ4n) is 8.31. The molecule has 1 aliphatic heterocycles. The number of hydrogen-bond acceptors (Lipinski definition) is 16. The number of rotatable bonds is 11. The van der Waals surface area contributed by atoms with Gasteiger partial charge >= 0.3 is 5.97 Å². The molecule has 1 saturated heterocycles. The van der Waals surface area contributed by atoms with E-state index in [1.54, 1.807) is 41.8 Å². The van der Waals surface area contributed by atoms with Crippen molar-refractivity contribution in [2.45, 2.75) is 52.4 Å². The highest BCUT2D eigenvalue weighted by molar-refractivity contribution is 5.99. The van der Waals surface area contributed by atoms with Crippen molar-refractivity contribution in [2.75, 3.05) is 25.1 Å². The predicted octanol–water partition coefficient (Wildman–Crippen LogP) is 6.21. The number of aromatic nitrogens is 10. The van der Waals surface area contributed by atoms with Gasteiger partial charge in [0, 0.05) is 60.8 Å². The van der Waals surface area contributed by atoms with Crippen LogP contribution in [-0.4, -0.2) is 92.1 Å². The van der Waals surface area contributed by atoms with Crippen molar-refractivity contribution in [3.63, 3.8) is 0 Å². The first-order chi connectivity index (χ1) is 32.7. The molecular formula is C47H44N14O6. The normalized spacial score (nSPS) is 13.4. The number of hydrogen-bond donors (Lipinski definition) is 3. The third-order valence-electron chi connectivity index (χ3n) is 11.6. The highest BCUT2D eigenvalue weighted by Gasteiger charge is 2.35. The van der Waals surface area contributed by atoms with Crippen LogP contribution in [0.1, 0.15) is 53.0 Å². The van der Waals surface area contributed by atoms with Crippen LogP contribution in [0, 0.1) is 0 Å². The molecule has 7 heterocycles. The third-order valence-corrected chi connectivity index (χ3v) is 11.6. The number of pyridine rings is 2. The number of amides is 2. The average Bonchev–Trinajstić information content (AvgIpc) is 4.23. The van der Waals surface area contributed by atoms with E-state index in [0.29, 0.717) is 77.8 Å². The van der Waals surface area contributed by atoms with Gasteiger partial charge < -0.3 is 35.6 Å². The van der Waals surface area contributed by atoms with E-state index in [0.717, 1.165) is 45.3 Å². The van der Waals surface area contributed by atoms with E-state index in [4.69, 9.17) is 25.5 Å². The summed E-state index contributed by atoms with van der Waals surface area (Å²) in [6.45, 7) is 6.25. The molecule has 1 atom stereocenters. The first-order valence-corrected chi connectivity index (χ1v) is 21.5. The Hall–Kier alpha value is -8.81. The van der Waals surface area contributed by atoms with Crippen LogP contribution in [0.3, 0.4) is 0 Å². The van der Waals surface area contributed by atoms with Crippen molar-refractivity contribution in [1.29, 1.82) is 0 Å². The summed E-state index contributed by atoms with van der Waals surface area (Å²) >= 11 is 0. The number of esters is 1. The molecule has 6 aromatic heterocycles. The quantitative estimate of drug-likeness (QED) is 0.122. The fourth-order valence-corrected chi connectivity index (χ4v) is 8.31. The van der Waals surface area contributed by atoms with Crippen molar-refractivity contribution in [3.05, 3.63) is 120 Å². The van der Waals surface area contributed by atoms with Crippen LogP contribution in [-0.2, 0) is 29.2 Å². The Morgan fingerprint density at radius 3 is 1.70 bits per heavy atom.